The van der Waals surface area contributed by atoms with E-state index in [-0.39, 0.29) is 62.6 Å². The Labute approximate surface area is 394 Å². The van der Waals surface area contributed by atoms with Crippen molar-refractivity contribution >= 4 is 35.8 Å². The Morgan fingerprint density at radius 1 is 1.00 bits per heavy atom. The number of fused-ring (bicyclic) bond motifs is 6. The number of aliphatic hydroxyl groups excluding tert-OH is 1. The van der Waals surface area contributed by atoms with Crippen LogP contribution in [-0.2, 0) is 57.0 Å². The highest BCUT2D eigenvalue weighted by atomic mass is 16.7. The Morgan fingerprint density at radius 2 is 1.73 bits per heavy atom. The molecule has 4 saturated heterocycles. The number of ether oxygens (including phenoxy) is 9. The monoisotopic (exact) mass is 944 g/mol. The first-order valence-electron chi connectivity index (χ1n) is 23.7. The fourth-order valence-electron chi connectivity index (χ4n) is 10.6. The number of hydrogen-bond acceptors (Lipinski definition) is 16. The van der Waals surface area contributed by atoms with Crippen LogP contribution in [0.3, 0.4) is 0 Å². The van der Waals surface area contributed by atoms with Gasteiger partial charge in [0.2, 0.25) is 0 Å². The first kappa shape index (κ1) is 52.2. The van der Waals surface area contributed by atoms with Crippen LogP contribution < -0.4 is 5.32 Å². The highest BCUT2D eigenvalue weighted by molar-refractivity contribution is 5.94. The van der Waals surface area contributed by atoms with Gasteiger partial charge in [-0.3, -0.25) is 24.1 Å². The van der Waals surface area contributed by atoms with Crippen molar-refractivity contribution in [3.8, 4) is 0 Å². The lowest BCUT2D eigenvalue weighted by Gasteiger charge is -2.50. The molecule has 1 aromatic carbocycles. The van der Waals surface area contributed by atoms with Gasteiger partial charge in [-0.15, -0.1) is 0 Å². The van der Waals surface area contributed by atoms with Gasteiger partial charge in [0.25, 0.3) is 5.91 Å². The summed E-state index contributed by atoms with van der Waals surface area (Å²) in [6.07, 6.45) is -6.15. The number of nitrogens with zero attached hydrogens (tertiary/aromatic N) is 2. The Morgan fingerprint density at radius 3 is 2.40 bits per heavy atom. The number of cyclic esters (lactones) is 1. The summed E-state index contributed by atoms with van der Waals surface area (Å²) in [4.78, 5) is 72.3. The van der Waals surface area contributed by atoms with Crippen LogP contribution in [0.25, 0.3) is 6.08 Å². The van der Waals surface area contributed by atoms with Crippen LogP contribution in [0, 0.1) is 17.8 Å². The third kappa shape index (κ3) is 11.7. The van der Waals surface area contributed by atoms with Crippen LogP contribution >= 0.6 is 0 Å². The van der Waals surface area contributed by atoms with Crippen molar-refractivity contribution in [3.05, 3.63) is 41.7 Å². The van der Waals surface area contributed by atoms with Gasteiger partial charge in [-0.2, -0.15) is 0 Å². The summed E-state index contributed by atoms with van der Waals surface area (Å²) in [5.74, 6) is -4.38. The molecule has 374 valence electrons. The highest BCUT2D eigenvalue weighted by Crippen LogP contribution is 2.42. The molecule has 0 unspecified atom stereocenters. The van der Waals surface area contributed by atoms with Crippen molar-refractivity contribution in [2.75, 3.05) is 34.3 Å². The van der Waals surface area contributed by atoms with Crippen molar-refractivity contribution in [1.82, 2.24) is 15.1 Å². The summed E-state index contributed by atoms with van der Waals surface area (Å²) in [5.41, 5.74) is -1.51. The van der Waals surface area contributed by atoms with Gasteiger partial charge in [0.1, 0.15) is 35.3 Å². The first-order chi connectivity index (χ1) is 31.6. The maximum absolute atomic E-state index is 14.8. The summed E-state index contributed by atoms with van der Waals surface area (Å²) < 4.78 is 57.8. The molecule has 5 aliphatic heterocycles. The molecular weight excluding hydrogens is 871 g/mol. The molecule has 0 radical (unpaired) electrons. The van der Waals surface area contributed by atoms with E-state index in [1.807, 2.05) is 45.8 Å². The normalized spacial score (nSPS) is 40.6. The number of methoxy groups -OCH3 is 1. The summed E-state index contributed by atoms with van der Waals surface area (Å²) in [7, 11) is 5.26. The zero-order valence-corrected chi connectivity index (χ0v) is 41.1. The lowest BCUT2D eigenvalue weighted by Crippen LogP contribution is -2.61. The molecular formula is C49H73N3O15. The molecule has 1 aromatic rings. The molecule has 0 aromatic heterocycles. The van der Waals surface area contributed by atoms with Gasteiger partial charge in [-0.25, -0.2) is 4.79 Å². The number of likely N-dealkylation sites (N-methyl/N-ethyl adjacent to an activating group) is 1. The van der Waals surface area contributed by atoms with Gasteiger partial charge in [0, 0.05) is 63.4 Å². The second-order valence-corrected chi connectivity index (χ2v) is 19.8. The highest BCUT2D eigenvalue weighted by Gasteiger charge is 2.55. The molecule has 18 heteroatoms. The van der Waals surface area contributed by atoms with Crippen LogP contribution in [0.1, 0.15) is 110 Å². The standard InChI is InChI=1S/C49H73N3O15/c1-13-37-41-35-23-36(54)26(2)24-49(9,60-20-17-32-15-14-16-33(22-32)44(56)50-18-19-52(35)47(58)66-41)42(67-46-39(55)34(51(10)11)21-27(3)61-46)28(4)40(29(5)45(57)64-37)65-38-25-48(8,59-12)43(30(6)62-38)63-31(7)53/h14-17,20,22,26-30,34-35,37-43,46,55H,13,18-19,21,23-25H2,1-12H3,(H,50,56)/b20-17-/t26-,27-,28+,29-,30+,34+,35-,37-,38+,39-,40+,41+,42-,43+,46+,48-,49+/m1/s1. The third-order valence-corrected chi connectivity index (χ3v) is 14.4. The van der Waals surface area contributed by atoms with E-state index in [1.165, 1.54) is 25.2 Å². The number of rotatable bonds is 8. The van der Waals surface area contributed by atoms with Crippen LogP contribution in [0.15, 0.2) is 30.5 Å². The van der Waals surface area contributed by atoms with Gasteiger partial charge < -0.3 is 58.0 Å². The Kier molecular flexibility index (Phi) is 16.9. The van der Waals surface area contributed by atoms with Crippen molar-refractivity contribution in [1.29, 1.82) is 0 Å². The van der Waals surface area contributed by atoms with E-state index in [4.69, 9.17) is 42.6 Å². The maximum Gasteiger partial charge on any atom is 0.410 e. The van der Waals surface area contributed by atoms with Crippen LogP contribution in [-0.4, -0.2) is 164 Å². The molecule has 5 aliphatic rings. The van der Waals surface area contributed by atoms with E-state index in [0.29, 0.717) is 17.5 Å². The van der Waals surface area contributed by atoms with Crippen LogP contribution in [0.2, 0.25) is 0 Å². The Hall–Kier alpha value is -4.17. The number of ketones is 1. The number of amides is 2. The van der Waals surface area contributed by atoms with E-state index < -0.39 is 108 Å². The Balaban J connectivity index is 1.53. The molecule has 18 nitrogen and oxygen atoms in total. The number of carbonyl (C=O) groups is 5. The average Bonchev–Trinajstić information content (AvgIpc) is 3.57. The minimum atomic E-state index is -1.45. The van der Waals surface area contributed by atoms with E-state index >= 15 is 0 Å². The summed E-state index contributed by atoms with van der Waals surface area (Å²) in [6, 6.07) is 5.74. The number of hydrogen-bond donors (Lipinski definition) is 2. The minimum Gasteiger partial charge on any atom is -0.492 e. The molecule has 5 heterocycles. The lowest BCUT2D eigenvalue weighted by molar-refractivity contribution is -0.318. The van der Waals surface area contributed by atoms with Gasteiger partial charge >= 0.3 is 18.0 Å². The van der Waals surface area contributed by atoms with E-state index in [2.05, 4.69) is 5.32 Å². The molecule has 0 spiro atoms. The van der Waals surface area contributed by atoms with Gasteiger partial charge in [-0.1, -0.05) is 32.9 Å². The van der Waals surface area contributed by atoms with Gasteiger partial charge in [0.15, 0.2) is 24.8 Å². The number of benzene rings is 1. The number of aliphatic hydroxyl groups is 1. The summed E-state index contributed by atoms with van der Waals surface area (Å²) >= 11 is 0. The number of nitrogens with one attached hydrogen (secondary N) is 1. The third-order valence-electron chi connectivity index (χ3n) is 14.4. The molecule has 17 atom stereocenters. The zero-order valence-electron chi connectivity index (χ0n) is 41.1. The molecule has 4 fully saturated rings. The molecule has 2 amide bonds. The lowest BCUT2D eigenvalue weighted by atomic mass is 9.76. The van der Waals surface area contributed by atoms with Crippen molar-refractivity contribution < 1.29 is 71.7 Å². The fourth-order valence-corrected chi connectivity index (χ4v) is 10.6. The molecule has 0 aliphatic carbocycles. The number of esters is 2. The Bertz CT molecular complexity index is 1970. The number of Topliss-reactive ketones (excluding diaryl/α,β-unsaturated/α-hetero) is 1. The van der Waals surface area contributed by atoms with Crippen molar-refractivity contribution in [2.45, 2.75) is 179 Å². The van der Waals surface area contributed by atoms with Crippen LogP contribution in [0.4, 0.5) is 4.79 Å². The molecule has 2 N–H and O–H groups in total. The largest absolute Gasteiger partial charge is 0.492 e. The van der Waals surface area contributed by atoms with Gasteiger partial charge in [-0.05, 0) is 91.7 Å². The second kappa shape index (κ2) is 21.6. The minimum absolute atomic E-state index is 0.0204. The van der Waals surface area contributed by atoms with Crippen LogP contribution in [0.5, 0.6) is 0 Å². The van der Waals surface area contributed by atoms with Gasteiger partial charge in [0.05, 0.1) is 36.5 Å². The van der Waals surface area contributed by atoms with E-state index in [9.17, 15) is 29.1 Å². The predicted octanol–water partition coefficient (Wildman–Crippen LogP) is 4.63. The number of carbonyl (C=O) groups excluding carboxylic acids is 5. The summed E-state index contributed by atoms with van der Waals surface area (Å²) in [6.45, 7) is 15.8. The zero-order chi connectivity index (χ0) is 49.1. The SMILES string of the molecule is CC[C@H]1OC(=O)[C@H](C)[C@@H](O[C@H]2C[C@@](C)(OC)[C@@H](OC(C)=O)[C@H](C)O2)[C@H](C)[C@@H](O[C@@H]2O[C@H](C)C[C@H](N(C)C)[C@H]2O)[C@]2(C)C[C@@H](C)C(=O)C[C@@H]3[C@@H]1OC(=O)N3CCNC(=O)c1cccc(c1)/C=C\O2. The molecule has 67 heavy (non-hydrogen) atoms. The van der Waals surface area contributed by atoms with E-state index in [0.717, 1.165) is 0 Å². The topological polar surface area (TPSA) is 207 Å². The molecule has 4 bridgehead atoms. The molecule has 0 saturated carbocycles. The maximum atomic E-state index is 14.8. The van der Waals surface area contributed by atoms with Crippen molar-refractivity contribution in [3.63, 3.8) is 0 Å². The smallest absolute Gasteiger partial charge is 0.410 e. The second-order valence-electron chi connectivity index (χ2n) is 19.8. The average molecular weight is 944 g/mol. The van der Waals surface area contributed by atoms with Crippen molar-refractivity contribution in [2.24, 2.45) is 17.8 Å². The quantitative estimate of drug-likeness (QED) is 0.269. The fraction of sp³-hybridized carbons (Fsp3) is 0.735. The van der Waals surface area contributed by atoms with E-state index in [1.54, 1.807) is 58.9 Å². The first-order valence-corrected chi connectivity index (χ1v) is 23.7. The predicted molar refractivity (Wildman–Crippen MR) is 242 cm³/mol. The molecule has 6 rings (SSSR count). The summed E-state index contributed by atoms with van der Waals surface area (Å²) in [5, 5.41) is 14.8.